The monoisotopic (exact) mass is 283 g/mol. The molecule has 1 atom stereocenters. The Hall–Kier alpha value is -1.70. The molecule has 0 saturated heterocycles. The number of nitrogens with one attached hydrogen (secondary N) is 1. The number of hydrogen-bond acceptors (Lipinski definition) is 2. The van der Waals surface area contributed by atoms with Gasteiger partial charge in [-0.05, 0) is 48.2 Å². The fourth-order valence-corrected chi connectivity index (χ4v) is 3.56. The van der Waals surface area contributed by atoms with Crippen LogP contribution in [0.1, 0.15) is 46.3 Å². The summed E-state index contributed by atoms with van der Waals surface area (Å²) < 4.78 is 5.65. The number of allylic oxidation sites excluding steroid dienone is 4. The molecule has 1 aromatic heterocycles. The predicted molar refractivity (Wildman–Crippen MR) is 86.7 cm³/mol. The van der Waals surface area contributed by atoms with Gasteiger partial charge in [-0.2, -0.15) is 0 Å². The molecule has 1 aromatic rings. The third-order valence-corrected chi connectivity index (χ3v) is 4.59. The molecule has 21 heavy (non-hydrogen) atoms. The Balaban J connectivity index is 1.90. The van der Waals surface area contributed by atoms with E-state index in [0.29, 0.717) is 11.8 Å². The van der Waals surface area contributed by atoms with Crippen LogP contribution in [-0.4, -0.2) is 0 Å². The van der Waals surface area contributed by atoms with Crippen molar-refractivity contribution in [1.82, 2.24) is 5.32 Å². The van der Waals surface area contributed by atoms with Gasteiger partial charge in [0.25, 0.3) is 0 Å². The van der Waals surface area contributed by atoms with Gasteiger partial charge in [-0.1, -0.05) is 39.8 Å². The lowest BCUT2D eigenvalue weighted by Gasteiger charge is -2.31. The lowest BCUT2D eigenvalue weighted by atomic mass is 9.75. The number of rotatable bonds is 4. The molecule has 2 heterocycles. The molecule has 1 unspecified atom stereocenters. The van der Waals surface area contributed by atoms with Crippen LogP contribution < -0.4 is 5.32 Å². The topological polar surface area (TPSA) is 25.2 Å². The van der Waals surface area contributed by atoms with E-state index in [9.17, 15) is 0 Å². The van der Waals surface area contributed by atoms with Crippen LogP contribution in [0.2, 0.25) is 0 Å². The first kappa shape index (κ1) is 14.2. The molecule has 1 aliphatic carbocycles. The summed E-state index contributed by atoms with van der Waals surface area (Å²) in [5.74, 6) is 2.16. The number of fused-ring (bicyclic) bond motifs is 1. The molecule has 1 N–H and O–H groups in total. The second kappa shape index (κ2) is 5.25. The van der Waals surface area contributed by atoms with E-state index in [2.05, 4.69) is 57.4 Å². The first-order chi connectivity index (χ1) is 9.99. The van der Waals surface area contributed by atoms with E-state index in [1.807, 2.05) is 6.07 Å². The van der Waals surface area contributed by atoms with Gasteiger partial charge in [-0.3, -0.25) is 0 Å². The molecular weight excluding hydrogens is 258 g/mol. The number of hydrogen-bond donors (Lipinski definition) is 1. The quantitative estimate of drug-likeness (QED) is 0.848. The Morgan fingerprint density at radius 3 is 2.86 bits per heavy atom. The van der Waals surface area contributed by atoms with Crippen LogP contribution >= 0.6 is 0 Å². The molecule has 0 spiro atoms. The zero-order valence-electron chi connectivity index (χ0n) is 13.4. The maximum atomic E-state index is 5.65. The molecule has 0 saturated carbocycles. The van der Waals surface area contributed by atoms with Gasteiger partial charge in [0.15, 0.2) is 0 Å². The normalized spacial score (nSPS) is 21.6. The first-order valence-corrected chi connectivity index (χ1v) is 7.89. The standard InChI is InChI=1S/C19H25NO/c1-13(2)17-15(8-7-14-9-10-20-18(14)17)12-19(3,4)16-6-5-11-21-16/h5-6,8-11,13-14,20H,7,12H2,1-4H3. The minimum atomic E-state index is 0.0227. The third-order valence-electron chi connectivity index (χ3n) is 4.59. The smallest absolute Gasteiger partial charge is 0.109 e. The Labute approximate surface area is 127 Å². The Morgan fingerprint density at radius 1 is 1.38 bits per heavy atom. The molecule has 0 aromatic carbocycles. The van der Waals surface area contributed by atoms with Crippen LogP contribution in [0, 0.1) is 11.8 Å². The summed E-state index contributed by atoms with van der Waals surface area (Å²) in [7, 11) is 0. The van der Waals surface area contributed by atoms with Crippen LogP contribution in [0.3, 0.4) is 0 Å². The Kier molecular flexibility index (Phi) is 3.56. The predicted octanol–water partition coefficient (Wildman–Crippen LogP) is 4.92. The molecule has 0 bridgehead atoms. The van der Waals surface area contributed by atoms with Gasteiger partial charge >= 0.3 is 0 Å². The summed E-state index contributed by atoms with van der Waals surface area (Å²) in [5.41, 5.74) is 4.41. The highest BCUT2D eigenvalue weighted by molar-refractivity contribution is 5.45. The first-order valence-electron chi connectivity index (χ1n) is 7.89. The fraction of sp³-hybridized carbons (Fsp3) is 0.474. The zero-order valence-corrected chi connectivity index (χ0v) is 13.4. The van der Waals surface area contributed by atoms with Crippen molar-refractivity contribution in [2.45, 2.75) is 46.0 Å². The van der Waals surface area contributed by atoms with Crippen molar-refractivity contribution < 1.29 is 4.42 Å². The van der Waals surface area contributed by atoms with Crippen LogP contribution in [0.25, 0.3) is 0 Å². The largest absolute Gasteiger partial charge is 0.469 e. The molecular formula is C19H25NO. The van der Waals surface area contributed by atoms with Crippen LogP contribution in [0.4, 0.5) is 0 Å². The zero-order chi connectivity index (χ0) is 15.0. The minimum Gasteiger partial charge on any atom is -0.469 e. The van der Waals surface area contributed by atoms with Gasteiger partial charge in [0.2, 0.25) is 0 Å². The van der Waals surface area contributed by atoms with E-state index in [0.717, 1.165) is 18.6 Å². The van der Waals surface area contributed by atoms with Crippen molar-refractivity contribution in [3.63, 3.8) is 0 Å². The van der Waals surface area contributed by atoms with Gasteiger partial charge in [0.1, 0.15) is 5.76 Å². The molecule has 0 radical (unpaired) electrons. The molecule has 2 nitrogen and oxygen atoms in total. The van der Waals surface area contributed by atoms with Gasteiger partial charge in [0, 0.05) is 17.0 Å². The maximum Gasteiger partial charge on any atom is 0.109 e. The summed E-state index contributed by atoms with van der Waals surface area (Å²) >= 11 is 0. The molecule has 112 valence electrons. The van der Waals surface area contributed by atoms with Crippen molar-refractivity contribution in [3.8, 4) is 0 Å². The van der Waals surface area contributed by atoms with Crippen molar-refractivity contribution in [2.24, 2.45) is 11.8 Å². The molecule has 3 rings (SSSR count). The van der Waals surface area contributed by atoms with Crippen molar-refractivity contribution in [2.75, 3.05) is 0 Å². The van der Waals surface area contributed by atoms with E-state index in [1.165, 1.54) is 16.8 Å². The van der Waals surface area contributed by atoms with Crippen molar-refractivity contribution in [1.29, 1.82) is 0 Å². The van der Waals surface area contributed by atoms with Gasteiger partial charge < -0.3 is 9.73 Å². The summed E-state index contributed by atoms with van der Waals surface area (Å²) in [4.78, 5) is 0. The SMILES string of the molecule is CC(C)C1=C2NC=CC2CC=C1CC(C)(C)c1ccco1. The summed E-state index contributed by atoms with van der Waals surface area (Å²) in [5, 5.41) is 3.48. The second-order valence-electron chi connectivity index (χ2n) is 7.10. The van der Waals surface area contributed by atoms with E-state index in [1.54, 1.807) is 6.26 Å². The van der Waals surface area contributed by atoms with Crippen LogP contribution in [0.5, 0.6) is 0 Å². The highest BCUT2D eigenvalue weighted by atomic mass is 16.3. The van der Waals surface area contributed by atoms with Crippen molar-refractivity contribution in [3.05, 3.63) is 59.4 Å². The molecule has 0 amide bonds. The van der Waals surface area contributed by atoms with Gasteiger partial charge in [0.05, 0.1) is 6.26 Å². The minimum absolute atomic E-state index is 0.0227. The lowest BCUT2D eigenvalue weighted by Crippen LogP contribution is -2.23. The van der Waals surface area contributed by atoms with Gasteiger partial charge in [-0.15, -0.1) is 0 Å². The Morgan fingerprint density at radius 2 is 2.19 bits per heavy atom. The average molecular weight is 283 g/mol. The molecule has 2 heteroatoms. The second-order valence-corrected chi connectivity index (χ2v) is 7.10. The van der Waals surface area contributed by atoms with Crippen molar-refractivity contribution >= 4 is 0 Å². The summed E-state index contributed by atoms with van der Waals surface area (Å²) in [6, 6.07) is 4.07. The summed E-state index contributed by atoms with van der Waals surface area (Å²) in [6.45, 7) is 9.11. The molecule has 2 aliphatic rings. The van der Waals surface area contributed by atoms with Crippen LogP contribution in [0.15, 0.2) is 58.0 Å². The highest BCUT2D eigenvalue weighted by Gasteiger charge is 2.32. The van der Waals surface area contributed by atoms with E-state index in [-0.39, 0.29) is 5.41 Å². The fourth-order valence-electron chi connectivity index (χ4n) is 3.56. The Bertz CT molecular complexity index is 600. The van der Waals surface area contributed by atoms with E-state index >= 15 is 0 Å². The van der Waals surface area contributed by atoms with E-state index < -0.39 is 0 Å². The lowest BCUT2D eigenvalue weighted by molar-refractivity contribution is 0.380. The van der Waals surface area contributed by atoms with Gasteiger partial charge in [-0.25, -0.2) is 0 Å². The number of furan rings is 1. The van der Waals surface area contributed by atoms with E-state index in [4.69, 9.17) is 4.42 Å². The highest BCUT2D eigenvalue weighted by Crippen LogP contribution is 2.41. The maximum absolute atomic E-state index is 5.65. The molecule has 1 aliphatic heterocycles. The third kappa shape index (κ3) is 2.59. The average Bonchev–Trinajstić information content (AvgIpc) is 3.08. The summed E-state index contributed by atoms with van der Waals surface area (Å²) in [6.07, 6.45) is 10.7. The van der Waals surface area contributed by atoms with Crippen LogP contribution in [-0.2, 0) is 5.41 Å². The molecule has 0 fully saturated rings.